The molecule has 0 saturated carbocycles. The minimum atomic E-state index is -0.946. The van der Waals surface area contributed by atoms with Gasteiger partial charge >= 0.3 is 11.7 Å². The molecule has 2 amide bonds. The summed E-state index contributed by atoms with van der Waals surface area (Å²) in [7, 11) is 0. The van der Waals surface area contributed by atoms with Crippen molar-refractivity contribution >= 4 is 28.8 Å². The molecule has 9 heteroatoms. The summed E-state index contributed by atoms with van der Waals surface area (Å²) in [5, 5.41) is 11.2. The van der Waals surface area contributed by atoms with Crippen molar-refractivity contribution in [2.45, 2.75) is 38.8 Å². The lowest BCUT2D eigenvalue weighted by atomic mass is 10.0. The quantitative estimate of drug-likeness (QED) is 0.617. The fourth-order valence-corrected chi connectivity index (χ4v) is 3.85. The van der Waals surface area contributed by atoms with Crippen LogP contribution in [-0.2, 0) is 27.3 Å². The maximum absolute atomic E-state index is 13.0. The number of carboxylic acids is 1. The fourth-order valence-electron chi connectivity index (χ4n) is 3.85. The molecule has 1 saturated heterocycles. The number of nitrogens with one attached hydrogen (secondary N) is 1. The number of rotatable bonds is 5. The van der Waals surface area contributed by atoms with Crippen LogP contribution >= 0.6 is 0 Å². The molecule has 30 heavy (non-hydrogen) atoms. The van der Waals surface area contributed by atoms with Crippen LogP contribution in [0.1, 0.15) is 31.5 Å². The Balaban J connectivity index is 1.78. The number of fused-ring (bicyclic) bond motifs is 1. The first kappa shape index (κ1) is 19.6. The molecular formula is C21H20N4O5. The minimum Gasteiger partial charge on any atom is -0.481 e. The Labute approximate surface area is 171 Å². The van der Waals surface area contributed by atoms with E-state index < -0.39 is 17.9 Å². The number of carboxylic acid groups (broad SMARTS) is 1. The normalized spacial score (nSPS) is 16.6. The Morgan fingerprint density at radius 3 is 2.57 bits per heavy atom. The SMILES string of the molecule is CCn1c(=O)n(C2CCC(=O)NC2=O)c2ccc(-c3ccc(CC(=O)O)nc3)cc21. The molecule has 0 bridgehead atoms. The first-order valence-corrected chi connectivity index (χ1v) is 9.64. The molecule has 1 atom stereocenters. The summed E-state index contributed by atoms with van der Waals surface area (Å²) in [4.78, 5) is 51.9. The second kappa shape index (κ2) is 7.58. The highest BCUT2D eigenvalue weighted by Gasteiger charge is 2.31. The van der Waals surface area contributed by atoms with E-state index in [0.717, 1.165) is 11.1 Å². The Morgan fingerprint density at radius 2 is 1.93 bits per heavy atom. The number of aryl methyl sites for hydroxylation is 1. The fraction of sp³-hybridized carbons (Fsp3) is 0.286. The zero-order chi connectivity index (χ0) is 21.4. The number of aliphatic carboxylic acids is 1. The van der Waals surface area contributed by atoms with Crippen LogP contribution in [0.5, 0.6) is 0 Å². The van der Waals surface area contributed by atoms with Gasteiger partial charge in [0.2, 0.25) is 11.8 Å². The second-order valence-corrected chi connectivity index (χ2v) is 7.18. The van der Waals surface area contributed by atoms with Gasteiger partial charge in [-0.3, -0.25) is 33.8 Å². The Hall–Kier alpha value is -3.75. The third-order valence-corrected chi connectivity index (χ3v) is 5.29. The third kappa shape index (κ3) is 3.38. The van der Waals surface area contributed by atoms with E-state index in [1.54, 1.807) is 29.0 Å². The zero-order valence-electron chi connectivity index (χ0n) is 16.3. The minimum absolute atomic E-state index is 0.149. The molecule has 3 aromatic rings. The van der Waals surface area contributed by atoms with E-state index in [1.807, 2.05) is 19.1 Å². The Bertz CT molecular complexity index is 1220. The molecule has 154 valence electrons. The monoisotopic (exact) mass is 408 g/mol. The summed E-state index contributed by atoms with van der Waals surface area (Å²) in [6.07, 6.45) is 1.92. The molecule has 1 aliphatic heterocycles. The number of piperidine rings is 1. The van der Waals surface area contributed by atoms with Gasteiger partial charge in [0, 0.05) is 24.7 Å². The number of pyridine rings is 1. The van der Waals surface area contributed by atoms with Gasteiger partial charge in [-0.2, -0.15) is 0 Å². The first-order chi connectivity index (χ1) is 14.4. The molecule has 1 aliphatic rings. The van der Waals surface area contributed by atoms with Crippen molar-refractivity contribution in [3.05, 3.63) is 52.7 Å². The number of imidazole rings is 1. The average molecular weight is 408 g/mol. The number of hydrogen-bond donors (Lipinski definition) is 2. The van der Waals surface area contributed by atoms with E-state index in [9.17, 15) is 19.2 Å². The van der Waals surface area contributed by atoms with E-state index in [-0.39, 0.29) is 30.9 Å². The maximum Gasteiger partial charge on any atom is 0.329 e. The summed E-state index contributed by atoms with van der Waals surface area (Å²) in [6.45, 7) is 2.28. The van der Waals surface area contributed by atoms with Crippen LogP contribution in [0.3, 0.4) is 0 Å². The number of amides is 2. The number of imide groups is 1. The molecule has 0 spiro atoms. The average Bonchev–Trinajstić information content (AvgIpc) is 2.98. The summed E-state index contributed by atoms with van der Waals surface area (Å²) >= 11 is 0. The van der Waals surface area contributed by atoms with Gasteiger partial charge in [0.15, 0.2) is 0 Å². The number of nitrogens with zero attached hydrogens (tertiary/aromatic N) is 3. The number of carbonyl (C=O) groups excluding carboxylic acids is 2. The lowest BCUT2D eigenvalue weighted by Gasteiger charge is -2.21. The van der Waals surface area contributed by atoms with Crippen LogP contribution in [0.2, 0.25) is 0 Å². The molecule has 2 aromatic heterocycles. The summed E-state index contributed by atoms with van der Waals surface area (Å²) in [5.41, 5.74) is 3.07. The first-order valence-electron chi connectivity index (χ1n) is 9.64. The molecule has 0 aliphatic carbocycles. The highest BCUT2D eigenvalue weighted by molar-refractivity contribution is 6.00. The number of benzene rings is 1. The van der Waals surface area contributed by atoms with Crippen LogP contribution in [0.15, 0.2) is 41.3 Å². The molecule has 1 unspecified atom stereocenters. The van der Waals surface area contributed by atoms with Crippen molar-refractivity contribution in [3.63, 3.8) is 0 Å². The molecule has 1 aromatic carbocycles. The summed E-state index contributed by atoms with van der Waals surface area (Å²) in [6, 6.07) is 8.20. The van der Waals surface area contributed by atoms with Gasteiger partial charge < -0.3 is 5.11 Å². The highest BCUT2D eigenvalue weighted by atomic mass is 16.4. The number of aromatic nitrogens is 3. The predicted octanol–water partition coefficient (Wildman–Crippen LogP) is 1.49. The number of carbonyl (C=O) groups is 3. The van der Waals surface area contributed by atoms with Crippen molar-refractivity contribution in [2.75, 3.05) is 0 Å². The third-order valence-electron chi connectivity index (χ3n) is 5.29. The predicted molar refractivity (Wildman–Crippen MR) is 108 cm³/mol. The van der Waals surface area contributed by atoms with E-state index >= 15 is 0 Å². The standard InChI is InChI=1S/C21H20N4O5/c1-2-24-17-9-12(13-3-5-14(22-11-13)10-19(27)28)4-6-15(17)25(21(24)30)16-7-8-18(26)23-20(16)29/h3-6,9,11,16H,2,7-8,10H2,1H3,(H,27,28)(H,23,26,29). The molecular weight excluding hydrogens is 388 g/mol. The van der Waals surface area contributed by atoms with Crippen LogP contribution in [-0.4, -0.2) is 37.0 Å². The van der Waals surface area contributed by atoms with Crippen molar-refractivity contribution in [3.8, 4) is 11.1 Å². The van der Waals surface area contributed by atoms with Gasteiger partial charge in [0.25, 0.3) is 0 Å². The van der Waals surface area contributed by atoms with Crippen molar-refractivity contribution < 1.29 is 19.5 Å². The van der Waals surface area contributed by atoms with Crippen molar-refractivity contribution in [1.29, 1.82) is 0 Å². The van der Waals surface area contributed by atoms with Crippen LogP contribution in [0.25, 0.3) is 22.2 Å². The smallest absolute Gasteiger partial charge is 0.329 e. The summed E-state index contributed by atoms with van der Waals surface area (Å²) in [5.74, 6) is -1.74. The van der Waals surface area contributed by atoms with Crippen LogP contribution in [0, 0.1) is 0 Å². The molecule has 0 radical (unpaired) electrons. The van der Waals surface area contributed by atoms with Gasteiger partial charge in [-0.1, -0.05) is 12.1 Å². The molecule has 3 heterocycles. The van der Waals surface area contributed by atoms with Crippen LogP contribution < -0.4 is 11.0 Å². The highest BCUT2D eigenvalue weighted by Crippen LogP contribution is 2.27. The Morgan fingerprint density at radius 1 is 1.17 bits per heavy atom. The maximum atomic E-state index is 13.0. The largest absolute Gasteiger partial charge is 0.481 e. The van der Waals surface area contributed by atoms with E-state index in [0.29, 0.717) is 23.3 Å². The van der Waals surface area contributed by atoms with Crippen molar-refractivity contribution in [2.24, 2.45) is 0 Å². The lowest BCUT2D eigenvalue weighted by Crippen LogP contribution is -2.44. The molecule has 2 N–H and O–H groups in total. The molecule has 9 nitrogen and oxygen atoms in total. The van der Waals surface area contributed by atoms with Crippen molar-refractivity contribution in [1.82, 2.24) is 19.4 Å². The van der Waals surface area contributed by atoms with Gasteiger partial charge in [0.05, 0.1) is 23.1 Å². The van der Waals surface area contributed by atoms with Gasteiger partial charge in [-0.25, -0.2) is 4.79 Å². The van der Waals surface area contributed by atoms with E-state index in [1.165, 1.54) is 4.57 Å². The van der Waals surface area contributed by atoms with Gasteiger partial charge in [0.1, 0.15) is 6.04 Å². The van der Waals surface area contributed by atoms with Gasteiger partial charge in [-0.05, 0) is 37.1 Å². The molecule has 1 fully saturated rings. The van der Waals surface area contributed by atoms with Crippen LogP contribution in [0.4, 0.5) is 0 Å². The summed E-state index contributed by atoms with van der Waals surface area (Å²) < 4.78 is 3.05. The van der Waals surface area contributed by atoms with E-state index in [2.05, 4.69) is 10.3 Å². The Kier molecular flexibility index (Phi) is 4.94. The lowest BCUT2D eigenvalue weighted by molar-refractivity contribution is -0.137. The number of hydrogen-bond acceptors (Lipinski definition) is 5. The topological polar surface area (TPSA) is 123 Å². The van der Waals surface area contributed by atoms with Gasteiger partial charge in [-0.15, -0.1) is 0 Å². The van der Waals surface area contributed by atoms with E-state index in [4.69, 9.17) is 5.11 Å². The second-order valence-electron chi connectivity index (χ2n) is 7.18. The zero-order valence-corrected chi connectivity index (χ0v) is 16.3. The molecule has 4 rings (SSSR count).